The van der Waals surface area contributed by atoms with Crippen LogP contribution in [-0.2, 0) is 4.79 Å². The van der Waals surface area contributed by atoms with E-state index in [1.165, 1.54) is 6.39 Å². The van der Waals surface area contributed by atoms with E-state index in [9.17, 15) is 4.79 Å². The van der Waals surface area contributed by atoms with E-state index in [1.807, 2.05) is 31.2 Å². The smallest absolute Gasteiger partial charge is 0.244 e. The Morgan fingerprint density at radius 3 is 2.63 bits per heavy atom. The van der Waals surface area contributed by atoms with Gasteiger partial charge in [0.1, 0.15) is 0 Å². The van der Waals surface area contributed by atoms with Gasteiger partial charge >= 0.3 is 0 Å². The lowest BCUT2D eigenvalue weighted by atomic mass is 9.99. The summed E-state index contributed by atoms with van der Waals surface area (Å²) < 4.78 is 5.19. The lowest BCUT2D eigenvalue weighted by Gasteiger charge is -2.21. The third-order valence-corrected chi connectivity index (χ3v) is 3.11. The van der Waals surface area contributed by atoms with Crippen LogP contribution in [0.2, 0.25) is 0 Å². The molecule has 19 heavy (non-hydrogen) atoms. The van der Waals surface area contributed by atoms with Crippen LogP contribution < -0.4 is 11.1 Å². The molecular weight excluding hydrogens is 242 g/mol. The molecule has 5 nitrogen and oxygen atoms in total. The standard InChI is InChI=1S/C14H17N3O2/c1-3-14(2,15)13(18)17-11-6-4-10(5-7-11)12-8-16-9-19-12/h4-9H,3,15H2,1-2H3,(H,17,18). The number of oxazole rings is 1. The van der Waals surface area contributed by atoms with Crippen molar-refractivity contribution in [2.24, 2.45) is 5.73 Å². The first-order chi connectivity index (χ1) is 9.03. The number of carbonyl (C=O) groups excluding carboxylic acids is 1. The number of nitrogens with one attached hydrogen (secondary N) is 1. The van der Waals surface area contributed by atoms with Gasteiger partial charge in [0.15, 0.2) is 12.2 Å². The van der Waals surface area contributed by atoms with Crippen LogP contribution in [0.4, 0.5) is 5.69 Å². The molecule has 100 valence electrons. The fraction of sp³-hybridized carbons (Fsp3) is 0.286. The monoisotopic (exact) mass is 259 g/mol. The van der Waals surface area contributed by atoms with Gasteiger partial charge in [-0.1, -0.05) is 6.92 Å². The lowest BCUT2D eigenvalue weighted by molar-refractivity contribution is -0.120. The largest absolute Gasteiger partial charge is 0.444 e. The molecule has 1 atom stereocenters. The van der Waals surface area contributed by atoms with Crippen LogP contribution in [0.25, 0.3) is 11.3 Å². The van der Waals surface area contributed by atoms with Crippen molar-refractivity contribution in [3.8, 4) is 11.3 Å². The number of hydrogen-bond donors (Lipinski definition) is 2. The number of amides is 1. The third-order valence-electron chi connectivity index (χ3n) is 3.11. The fourth-order valence-electron chi connectivity index (χ4n) is 1.51. The Bertz CT molecular complexity index is 545. The summed E-state index contributed by atoms with van der Waals surface area (Å²) in [5.41, 5.74) is 6.63. The first-order valence-corrected chi connectivity index (χ1v) is 6.12. The maximum Gasteiger partial charge on any atom is 0.244 e. The highest BCUT2D eigenvalue weighted by atomic mass is 16.3. The summed E-state index contributed by atoms with van der Waals surface area (Å²) in [6, 6.07) is 7.33. The van der Waals surface area contributed by atoms with Crippen LogP contribution in [0.15, 0.2) is 41.3 Å². The second-order valence-corrected chi connectivity index (χ2v) is 4.67. The Labute approximate surface area is 111 Å². The van der Waals surface area contributed by atoms with Crippen molar-refractivity contribution < 1.29 is 9.21 Å². The third kappa shape index (κ3) is 3.00. The Kier molecular flexibility index (Phi) is 3.66. The quantitative estimate of drug-likeness (QED) is 0.883. The molecule has 1 aromatic heterocycles. The Balaban J connectivity index is 2.10. The molecule has 1 amide bonds. The van der Waals surface area contributed by atoms with Crippen LogP contribution in [0.1, 0.15) is 20.3 Å². The SMILES string of the molecule is CCC(C)(N)C(=O)Nc1ccc(-c2cnco2)cc1. The van der Waals surface area contributed by atoms with Gasteiger partial charge in [-0.2, -0.15) is 0 Å². The van der Waals surface area contributed by atoms with Gasteiger partial charge < -0.3 is 15.5 Å². The number of nitrogens with zero attached hydrogens (tertiary/aromatic N) is 1. The van der Waals surface area contributed by atoms with Crippen molar-refractivity contribution in [1.82, 2.24) is 4.98 Å². The summed E-state index contributed by atoms with van der Waals surface area (Å²) in [6.45, 7) is 3.60. The second-order valence-electron chi connectivity index (χ2n) is 4.67. The van der Waals surface area contributed by atoms with Crippen LogP contribution in [-0.4, -0.2) is 16.4 Å². The number of aromatic nitrogens is 1. The zero-order chi connectivity index (χ0) is 13.9. The van der Waals surface area contributed by atoms with E-state index >= 15 is 0 Å². The average molecular weight is 259 g/mol. The Morgan fingerprint density at radius 1 is 1.42 bits per heavy atom. The first-order valence-electron chi connectivity index (χ1n) is 6.12. The van der Waals surface area contributed by atoms with Gasteiger partial charge in [0.2, 0.25) is 5.91 Å². The van der Waals surface area contributed by atoms with Crippen molar-refractivity contribution in [2.45, 2.75) is 25.8 Å². The van der Waals surface area contributed by atoms with Gasteiger partial charge in [-0.05, 0) is 37.6 Å². The number of rotatable bonds is 4. The lowest BCUT2D eigenvalue weighted by Crippen LogP contribution is -2.47. The Morgan fingerprint density at radius 2 is 2.11 bits per heavy atom. The molecule has 0 bridgehead atoms. The molecule has 0 saturated heterocycles. The van der Waals surface area contributed by atoms with Gasteiger partial charge in [0.05, 0.1) is 11.7 Å². The van der Waals surface area contributed by atoms with Crippen LogP contribution in [0, 0.1) is 0 Å². The molecule has 0 saturated carbocycles. The maximum absolute atomic E-state index is 11.9. The molecule has 0 aliphatic rings. The number of anilines is 1. The summed E-state index contributed by atoms with van der Waals surface area (Å²) in [5, 5.41) is 2.80. The molecule has 0 aliphatic carbocycles. The molecule has 3 N–H and O–H groups in total. The molecule has 1 heterocycles. The van der Waals surface area contributed by atoms with Crippen molar-refractivity contribution in [3.63, 3.8) is 0 Å². The number of carbonyl (C=O) groups is 1. The van der Waals surface area contributed by atoms with Crippen molar-refractivity contribution in [3.05, 3.63) is 36.9 Å². The normalized spacial score (nSPS) is 13.8. The van der Waals surface area contributed by atoms with Crippen molar-refractivity contribution in [2.75, 3.05) is 5.32 Å². The highest BCUT2D eigenvalue weighted by Crippen LogP contribution is 2.21. The molecule has 2 rings (SSSR count). The highest BCUT2D eigenvalue weighted by molar-refractivity contribution is 5.97. The van der Waals surface area contributed by atoms with Gasteiger partial charge in [-0.25, -0.2) is 4.98 Å². The van der Waals surface area contributed by atoms with E-state index < -0.39 is 5.54 Å². The zero-order valence-corrected chi connectivity index (χ0v) is 11.0. The van der Waals surface area contributed by atoms with E-state index in [4.69, 9.17) is 10.2 Å². The number of nitrogens with two attached hydrogens (primary N) is 1. The minimum atomic E-state index is -0.858. The molecule has 1 aromatic carbocycles. The van der Waals surface area contributed by atoms with E-state index in [0.717, 1.165) is 5.56 Å². The van der Waals surface area contributed by atoms with E-state index in [0.29, 0.717) is 17.9 Å². The van der Waals surface area contributed by atoms with Crippen molar-refractivity contribution in [1.29, 1.82) is 0 Å². The summed E-state index contributed by atoms with van der Waals surface area (Å²) in [4.78, 5) is 15.8. The minimum Gasteiger partial charge on any atom is -0.444 e. The van der Waals surface area contributed by atoms with Crippen LogP contribution in [0.3, 0.4) is 0 Å². The molecule has 0 aliphatic heterocycles. The second kappa shape index (κ2) is 5.24. The zero-order valence-electron chi connectivity index (χ0n) is 11.0. The fourth-order valence-corrected chi connectivity index (χ4v) is 1.51. The number of hydrogen-bond acceptors (Lipinski definition) is 4. The predicted octanol–water partition coefficient (Wildman–Crippen LogP) is 2.41. The van der Waals surface area contributed by atoms with E-state index in [2.05, 4.69) is 10.3 Å². The van der Waals surface area contributed by atoms with Crippen molar-refractivity contribution >= 4 is 11.6 Å². The minimum absolute atomic E-state index is 0.192. The molecule has 0 fully saturated rings. The Hall–Kier alpha value is -2.14. The average Bonchev–Trinajstić information content (AvgIpc) is 2.93. The van der Waals surface area contributed by atoms with Gasteiger partial charge in [-0.15, -0.1) is 0 Å². The van der Waals surface area contributed by atoms with Crippen LogP contribution >= 0.6 is 0 Å². The molecule has 0 radical (unpaired) electrons. The summed E-state index contributed by atoms with van der Waals surface area (Å²) in [5.74, 6) is 0.498. The summed E-state index contributed by atoms with van der Waals surface area (Å²) in [7, 11) is 0. The molecule has 1 unspecified atom stereocenters. The molecule has 5 heteroatoms. The topological polar surface area (TPSA) is 81.2 Å². The summed E-state index contributed by atoms with van der Waals surface area (Å²) >= 11 is 0. The predicted molar refractivity (Wildman–Crippen MR) is 73.5 cm³/mol. The highest BCUT2D eigenvalue weighted by Gasteiger charge is 2.25. The van der Waals surface area contributed by atoms with E-state index in [-0.39, 0.29) is 5.91 Å². The molecule has 0 spiro atoms. The van der Waals surface area contributed by atoms with Crippen LogP contribution in [0.5, 0.6) is 0 Å². The number of benzene rings is 1. The molecule has 2 aromatic rings. The molecular formula is C14H17N3O2. The summed E-state index contributed by atoms with van der Waals surface area (Å²) in [6.07, 6.45) is 3.60. The van der Waals surface area contributed by atoms with Gasteiger partial charge in [0, 0.05) is 11.3 Å². The van der Waals surface area contributed by atoms with Gasteiger partial charge in [0.25, 0.3) is 0 Å². The maximum atomic E-state index is 11.9. The first kappa shape index (κ1) is 13.3. The van der Waals surface area contributed by atoms with E-state index in [1.54, 1.807) is 13.1 Å². The van der Waals surface area contributed by atoms with Gasteiger partial charge in [-0.3, -0.25) is 4.79 Å².